The molecule has 1 N–H and O–H groups in total. The number of carbonyl (C=O) groups excluding carboxylic acids is 2. The number of ketones is 1. The van der Waals surface area contributed by atoms with Crippen molar-refractivity contribution in [2.75, 3.05) is 0 Å². The van der Waals surface area contributed by atoms with Crippen molar-refractivity contribution in [1.82, 2.24) is 9.88 Å². The maximum Gasteiger partial charge on any atom is 0.290 e. The molecule has 0 unspecified atom stereocenters. The van der Waals surface area contributed by atoms with Crippen LogP contribution in [0, 0.1) is 0 Å². The molecular weight excluding hydrogens is 344 g/mol. The molecule has 0 saturated carbocycles. The van der Waals surface area contributed by atoms with Gasteiger partial charge in [0.2, 0.25) is 5.78 Å². The van der Waals surface area contributed by atoms with E-state index in [4.69, 9.17) is 4.42 Å². The van der Waals surface area contributed by atoms with Crippen molar-refractivity contribution >= 4 is 11.7 Å². The van der Waals surface area contributed by atoms with Crippen LogP contribution >= 0.6 is 0 Å². The Morgan fingerprint density at radius 3 is 2.59 bits per heavy atom. The Morgan fingerprint density at radius 2 is 1.93 bits per heavy atom. The summed E-state index contributed by atoms with van der Waals surface area (Å²) in [6.07, 6.45) is 4.68. The van der Waals surface area contributed by atoms with Gasteiger partial charge >= 0.3 is 0 Å². The normalized spacial score (nSPS) is 16.8. The number of benzene rings is 1. The second kappa shape index (κ2) is 6.92. The van der Waals surface area contributed by atoms with Gasteiger partial charge in [0.15, 0.2) is 11.5 Å². The maximum atomic E-state index is 12.9. The van der Waals surface area contributed by atoms with Crippen LogP contribution in [0.15, 0.2) is 89.0 Å². The van der Waals surface area contributed by atoms with Gasteiger partial charge in [0, 0.05) is 18.9 Å². The third kappa shape index (κ3) is 3.01. The summed E-state index contributed by atoms with van der Waals surface area (Å²) in [5.41, 5.74) is 1.55. The van der Waals surface area contributed by atoms with Crippen LogP contribution in [0.25, 0.3) is 0 Å². The lowest BCUT2D eigenvalue weighted by Crippen LogP contribution is -2.30. The molecule has 1 atom stereocenters. The van der Waals surface area contributed by atoms with Gasteiger partial charge in [0.25, 0.3) is 5.91 Å². The molecule has 3 heterocycles. The topological polar surface area (TPSA) is 83.6 Å². The highest BCUT2D eigenvalue weighted by atomic mass is 16.3. The van der Waals surface area contributed by atoms with E-state index in [9.17, 15) is 14.7 Å². The summed E-state index contributed by atoms with van der Waals surface area (Å²) in [6.45, 7) is 0.214. The first-order valence-electron chi connectivity index (χ1n) is 8.43. The van der Waals surface area contributed by atoms with E-state index in [1.807, 2.05) is 36.4 Å². The van der Waals surface area contributed by atoms with Crippen molar-refractivity contribution in [3.05, 3.63) is 101 Å². The van der Waals surface area contributed by atoms with Crippen LogP contribution < -0.4 is 0 Å². The van der Waals surface area contributed by atoms with Gasteiger partial charge in [-0.1, -0.05) is 36.4 Å². The smallest absolute Gasteiger partial charge is 0.290 e. The summed E-state index contributed by atoms with van der Waals surface area (Å²) in [5.74, 6) is -1.57. The first-order valence-corrected chi connectivity index (χ1v) is 8.43. The first-order chi connectivity index (χ1) is 13.2. The lowest BCUT2D eigenvalue weighted by atomic mass is 9.95. The third-order valence-electron chi connectivity index (χ3n) is 4.48. The van der Waals surface area contributed by atoms with Gasteiger partial charge in [0.1, 0.15) is 0 Å². The zero-order valence-electron chi connectivity index (χ0n) is 14.3. The lowest BCUT2D eigenvalue weighted by molar-refractivity contribution is -0.130. The molecule has 0 saturated heterocycles. The number of Topliss-reactive ketones (excluding diaryl/α,β-unsaturated/α-hetero) is 1. The number of aliphatic hydroxyl groups excluding tert-OH is 1. The molecule has 0 radical (unpaired) electrons. The van der Waals surface area contributed by atoms with Gasteiger partial charge in [-0.05, 0) is 29.3 Å². The monoisotopic (exact) mass is 360 g/mol. The van der Waals surface area contributed by atoms with E-state index >= 15 is 0 Å². The van der Waals surface area contributed by atoms with E-state index < -0.39 is 23.5 Å². The number of rotatable bonds is 5. The summed E-state index contributed by atoms with van der Waals surface area (Å²) in [4.78, 5) is 31.3. The Balaban J connectivity index is 1.79. The fourth-order valence-electron chi connectivity index (χ4n) is 3.26. The molecule has 1 aliphatic rings. The molecule has 1 aromatic carbocycles. The Bertz CT molecular complexity index is 995. The molecular formula is C21H16N2O4. The zero-order chi connectivity index (χ0) is 18.8. The molecule has 0 bridgehead atoms. The number of nitrogens with zero attached hydrogens (tertiary/aromatic N) is 2. The van der Waals surface area contributed by atoms with E-state index in [-0.39, 0.29) is 17.9 Å². The number of aliphatic hydroxyl groups is 1. The van der Waals surface area contributed by atoms with Crippen LogP contribution in [0.3, 0.4) is 0 Å². The number of pyridine rings is 1. The van der Waals surface area contributed by atoms with Gasteiger partial charge in [0.05, 0.1) is 17.9 Å². The zero-order valence-corrected chi connectivity index (χ0v) is 14.3. The fourth-order valence-corrected chi connectivity index (χ4v) is 3.26. The van der Waals surface area contributed by atoms with Crippen LogP contribution in [-0.4, -0.2) is 26.7 Å². The van der Waals surface area contributed by atoms with Crippen molar-refractivity contribution in [2.24, 2.45) is 0 Å². The fraction of sp³-hybridized carbons (Fsp3) is 0.0952. The SMILES string of the molecule is O=C(C1=C(O)C(=O)N(Cc2cccnc2)[C@@H]1c1ccccc1)c1ccco1. The average molecular weight is 360 g/mol. The summed E-state index contributed by atoms with van der Waals surface area (Å²) < 4.78 is 5.19. The van der Waals surface area contributed by atoms with Gasteiger partial charge in [-0.15, -0.1) is 0 Å². The average Bonchev–Trinajstić information content (AvgIpc) is 3.32. The minimum Gasteiger partial charge on any atom is -0.503 e. The molecule has 134 valence electrons. The second-order valence-corrected chi connectivity index (χ2v) is 6.18. The summed E-state index contributed by atoms with van der Waals surface area (Å²) >= 11 is 0. The molecule has 27 heavy (non-hydrogen) atoms. The first kappa shape index (κ1) is 16.8. The van der Waals surface area contributed by atoms with Gasteiger partial charge in [-0.2, -0.15) is 0 Å². The van der Waals surface area contributed by atoms with Gasteiger partial charge in [-0.3, -0.25) is 14.6 Å². The highest BCUT2D eigenvalue weighted by Gasteiger charge is 2.44. The van der Waals surface area contributed by atoms with Crippen LogP contribution in [0.2, 0.25) is 0 Å². The number of aromatic nitrogens is 1. The van der Waals surface area contributed by atoms with E-state index in [0.29, 0.717) is 0 Å². The van der Waals surface area contributed by atoms with Crippen LogP contribution in [0.4, 0.5) is 0 Å². The van der Waals surface area contributed by atoms with Crippen LogP contribution in [0.1, 0.15) is 27.7 Å². The Kier molecular flexibility index (Phi) is 4.30. The molecule has 1 aliphatic heterocycles. The summed E-state index contributed by atoms with van der Waals surface area (Å²) in [5, 5.41) is 10.5. The van der Waals surface area contributed by atoms with Gasteiger partial charge < -0.3 is 14.4 Å². The van der Waals surface area contributed by atoms with Crippen molar-refractivity contribution < 1.29 is 19.1 Å². The predicted molar refractivity (Wildman–Crippen MR) is 96.7 cm³/mol. The molecule has 6 nitrogen and oxygen atoms in total. The molecule has 1 amide bonds. The van der Waals surface area contributed by atoms with E-state index in [1.54, 1.807) is 24.5 Å². The van der Waals surface area contributed by atoms with Crippen molar-refractivity contribution in [3.63, 3.8) is 0 Å². The molecule has 6 heteroatoms. The highest BCUT2D eigenvalue weighted by molar-refractivity contribution is 6.14. The van der Waals surface area contributed by atoms with Crippen molar-refractivity contribution in [1.29, 1.82) is 0 Å². The Morgan fingerprint density at radius 1 is 1.11 bits per heavy atom. The maximum absolute atomic E-state index is 12.9. The molecule has 3 aromatic rings. The van der Waals surface area contributed by atoms with E-state index in [2.05, 4.69) is 4.98 Å². The molecule has 4 rings (SSSR count). The van der Waals surface area contributed by atoms with E-state index in [0.717, 1.165) is 11.1 Å². The minimum absolute atomic E-state index is 0.0186. The quantitative estimate of drug-likeness (QED) is 0.705. The molecule has 0 spiro atoms. The minimum atomic E-state index is -0.712. The number of amides is 1. The standard InChI is InChI=1S/C21H16N2O4/c24-19(16-9-5-11-27-16)17-18(15-7-2-1-3-8-15)23(21(26)20(17)25)13-14-6-4-10-22-12-14/h1-12,18,25H,13H2/t18-/m1/s1. The Hall–Kier alpha value is -3.67. The number of hydrogen-bond donors (Lipinski definition) is 1. The van der Waals surface area contributed by atoms with Crippen molar-refractivity contribution in [2.45, 2.75) is 12.6 Å². The number of carbonyl (C=O) groups is 2. The van der Waals surface area contributed by atoms with Crippen LogP contribution in [-0.2, 0) is 11.3 Å². The summed E-state index contributed by atoms with van der Waals surface area (Å²) in [6, 6.07) is 15.1. The van der Waals surface area contributed by atoms with Gasteiger partial charge in [-0.25, -0.2) is 0 Å². The predicted octanol–water partition coefficient (Wildman–Crippen LogP) is 3.45. The highest BCUT2D eigenvalue weighted by Crippen LogP contribution is 2.39. The molecule has 0 fully saturated rings. The van der Waals surface area contributed by atoms with Crippen molar-refractivity contribution in [3.8, 4) is 0 Å². The molecule has 0 aliphatic carbocycles. The molecule has 2 aromatic heterocycles. The van der Waals surface area contributed by atoms with E-state index in [1.165, 1.54) is 17.2 Å². The second-order valence-electron chi connectivity index (χ2n) is 6.18. The lowest BCUT2D eigenvalue weighted by Gasteiger charge is -2.26. The number of furan rings is 1. The van der Waals surface area contributed by atoms with Crippen LogP contribution in [0.5, 0.6) is 0 Å². The largest absolute Gasteiger partial charge is 0.503 e. The third-order valence-corrected chi connectivity index (χ3v) is 4.48. The summed E-state index contributed by atoms with van der Waals surface area (Å²) in [7, 11) is 0. The Labute approximate surface area is 155 Å². The number of hydrogen-bond acceptors (Lipinski definition) is 5.